The van der Waals surface area contributed by atoms with Gasteiger partial charge in [0.15, 0.2) is 23.2 Å². The zero-order valence-electron chi connectivity index (χ0n) is 21.7. The van der Waals surface area contributed by atoms with Gasteiger partial charge in [-0.1, -0.05) is 11.6 Å². The van der Waals surface area contributed by atoms with Crippen LogP contribution in [0.2, 0.25) is 5.02 Å². The van der Waals surface area contributed by atoms with Crippen LogP contribution in [0.15, 0.2) is 41.6 Å². The molecule has 0 fully saturated rings. The van der Waals surface area contributed by atoms with Crippen molar-refractivity contribution in [2.24, 2.45) is 0 Å². The number of ether oxygens (including phenoxy) is 3. The minimum absolute atomic E-state index is 0.0867. The van der Waals surface area contributed by atoms with Crippen molar-refractivity contribution in [3.8, 4) is 28.9 Å². The number of rotatable bonds is 5. The van der Waals surface area contributed by atoms with Crippen LogP contribution in [0.4, 0.5) is 13.2 Å². The molecule has 0 radical (unpaired) electrons. The monoisotopic (exact) mass is 551 g/mol. The summed E-state index contributed by atoms with van der Waals surface area (Å²) >= 11 is 6.23. The lowest BCUT2D eigenvalue weighted by Crippen LogP contribution is -2.27. The average Bonchev–Trinajstić information content (AvgIpc) is 3.35. The van der Waals surface area contributed by atoms with Crippen molar-refractivity contribution in [3.63, 3.8) is 0 Å². The number of aliphatic hydroxyl groups is 1. The summed E-state index contributed by atoms with van der Waals surface area (Å²) in [6.45, 7) is -0.226. The van der Waals surface area contributed by atoms with Gasteiger partial charge in [0.2, 0.25) is 5.88 Å². The maximum atomic E-state index is 16.0. The quantitative estimate of drug-likeness (QED) is 0.401. The van der Waals surface area contributed by atoms with Gasteiger partial charge in [0.1, 0.15) is 53.3 Å². The fourth-order valence-corrected chi connectivity index (χ4v) is 3.70. The van der Waals surface area contributed by atoms with Crippen LogP contribution in [0, 0.1) is 17.5 Å². The Labute approximate surface area is 220 Å². The molecule has 1 aliphatic rings. The third-order valence-corrected chi connectivity index (χ3v) is 5.68. The van der Waals surface area contributed by atoms with Crippen molar-refractivity contribution < 1.29 is 35.2 Å². The van der Waals surface area contributed by atoms with Gasteiger partial charge in [-0.3, -0.25) is 9.78 Å². The lowest BCUT2D eigenvalue weighted by Gasteiger charge is -2.22. The van der Waals surface area contributed by atoms with Crippen molar-refractivity contribution in [3.05, 3.63) is 81.0 Å². The molecule has 14 heteroatoms. The molecule has 0 aliphatic carbocycles. The number of hydrogen-bond donors (Lipinski definition) is 1. The Morgan fingerprint density at radius 2 is 1.97 bits per heavy atom. The number of halogens is 4. The Morgan fingerprint density at radius 3 is 2.68 bits per heavy atom. The van der Waals surface area contributed by atoms with Gasteiger partial charge in [0.25, 0.3) is 5.56 Å². The van der Waals surface area contributed by atoms with Gasteiger partial charge < -0.3 is 19.3 Å². The summed E-state index contributed by atoms with van der Waals surface area (Å²) in [6.07, 6.45) is 3.12. The highest BCUT2D eigenvalue weighted by Gasteiger charge is 2.28. The molecular weight excluding hydrogens is 531 g/mol. The lowest BCUT2D eigenvalue weighted by molar-refractivity contribution is 0.0734. The summed E-state index contributed by atoms with van der Waals surface area (Å²) in [5.41, 5.74) is -3.54. The second-order valence-electron chi connectivity index (χ2n) is 8.50. The number of aromatic nitrogens is 5. The van der Waals surface area contributed by atoms with Crippen LogP contribution >= 0.6 is 11.6 Å². The van der Waals surface area contributed by atoms with Crippen molar-refractivity contribution >= 4 is 11.6 Å². The van der Waals surface area contributed by atoms with Crippen molar-refractivity contribution in [1.29, 1.82) is 0 Å². The Balaban J connectivity index is 1.64. The summed E-state index contributed by atoms with van der Waals surface area (Å²) in [6, 6.07) is 2.89. The zero-order chi connectivity index (χ0) is 29.0. The van der Waals surface area contributed by atoms with Crippen LogP contribution in [0.3, 0.4) is 0 Å². The van der Waals surface area contributed by atoms with E-state index >= 15 is 4.39 Å². The van der Waals surface area contributed by atoms with E-state index in [1.807, 2.05) is 0 Å². The van der Waals surface area contributed by atoms with Gasteiger partial charge in [-0.15, -0.1) is 0 Å². The van der Waals surface area contributed by atoms with Crippen molar-refractivity contribution in [2.45, 2.75) is 26.0 Å². The third kappa shape index (κ3) is 4.65. The first-order chi connectivity index (χ1) is 18.8. The summed E-state index contributed by atoms with van der Waals surface area (Å²) in [5, 5.41) is 13.7. The molecular formula is C24H19ClF3N5O5. The highest BCUT2D eigenvalue weighted by molar-refractivity contribution is 6.31. The van der Waals surface area contributed by atoms with Gasteiger partial charge in [0, 0.05) is 18.3 Å². The smallest absolute Gasteiger partial charge is 0.280 e. The van der Waals surface area contributed by atoms with Crippen molar-refractivity contribution in [1.82, 2.24) is 24.3 Å². The minimum atomic E-state index is -3.00. The van der Waals surface area contributed by atoms with E-state index in [9.17, 15) is 18.7 Å². The predicted octanol–water partition coefficient (Wildman–Crippen LogP) is 3.46. The molecule has 0 unspecified atom stereocenters. The van der Waals surface area contributed by atoms with Gasteiger partial charge >= 0.3 is 0 Å². The molecule has 10 nitrogen and oxygen atoms in total. The second-order valence-corrected chi connectivity index (χ2v) is 8.88. The Morgan fingerprint density at radius 1 is 1.21 bits per heavy atom. The summed E-state index contributed by atoms with van der Waals surface area (Å²) in [4.78, 5) is 20.9. The number of hydrogen-bond acceptors (Lipinski definition) is 8. The predicted molar refractivity (Wildman–Crippen MR) is 127 cm³/mol. The molecule has 0 amide bonds. The highest BCUT2D eigenvalue weighted by atomic mass is 35.5. The van der Waals surface area contributed by atoms with Gasteiger partial charge in [-0.2, -0.15) is 5.10 Å². The zero-order valence-corrected chi connectivity index (χ0v) is 20.5. The molecule has 0 spiro atoms. The fraction of sp³-hybridized carbons (Fsp3) is 0.250. The maximum absolute atomic E-state index is 16.0. The number of pyridine rings is 3. The molecule has 0 atom stereocenters. The fourth-order valence-electron chi connectivity index (χ4n) is 3.52. The van der Waals surface area contributed by atoms with E-state index in [0.29, 0.717) is 12.3 Å². The van der Waals surface area contributed by atoms with E-state index in [-0.39, 0.29) is 36.4 Å². The second kappa shape index (κ2) is 9.65. The van der Waals surface area contributed by atoms with Gasteiger partial charge in [-0.05, 0) is 19.9 Å². The molecule has 198 valence electrons. The van der Waals surface area contributed by atoms with Crippen LogP contribution in [0.25, 0.3) is 11.5 Å². The molecule has 38 heavy (non-hydrogen) atoms. The normalized spacial score (nSPS) is 14.2. The molecule has 1 aliphatic heterocycles. The topological polar surface area (TPSA) is 114 Å². The molecule has 0 aromatic carbocycles. The molecule has 1 N–H and O–H groups in total. The van der Waals surface area contributed by atoms with Gasteiger partial charge in [0.05, 0.1) is 20.8 Å². The van der Waals surface area contributed by atoms with E-state index in [1.165, 1.54) is 32.3 Å². The van der Waals surface area contributed by atoms with E-state index in [1.54, 1.807) is 0 Å². The first kappa shape index (κ1) is 23.0. The molecule has 0 saturated heterocycles. The maximum Gasteiger partial charge on any atom is 0.280 e. The standard InChI is InChI=1S/C24H19ClF3N5O5/c1-24(2,35)17-3-4-32(31-17)22-20(28)21-16(10-30-22)36-5-6-37-18-8-15(19(25)23(34)33(18)21)38-11-14-13(27)7-12(26)9-29-14/h3-4,7-10,35H,5-6,11H2,1-2H3/i11D2. The van der Waals surface area contributed by atoms with E-state index < -0.39 is 57.3 Å². The molecule has 0 saturated carbocycles. The van der Waals surface area contributed by atoms with Crippen LogP contribution in [0.5, 0.6) is 17.4 Å². The number of fused-ring (bicyclic) bond motifs is 3. The largest absolute Gasteiger partial charge is 0.486 e. The summed E-state index contributed by atoms with van der Waals surface area (Å²) in [5.74, 6) is -4.80. The van der Waals surface area contributed by atoms with Crippen LogP contribution in [-0.2, 0) is 12.2 Å². The SMILES string of the molecule is [2H]C([2H])(Oc1cc2n(c(=O)c1Cl)-c1c(cnc(-n3ccc(C(C)(C)O)n3)c1F)OCCO2)c1ncc(F)cc1F. The Bertz CT molecular complexity index is 1690. The third-order valence-electron chi connectivity index (χ3n) is 5.34. The van der Waals surface area contributed by atoms with E-state index in [2.05, 4.69) is 15.1 Å². The van der Waals surface area contributed by atoms with E-state index in [4.69, 9.17) is 28.6 Å². The first-order valence-corrected chi connectivity index (χ1v) is 11.3. The minimum Gasteiger partial charge on any atom is -0.486 e. The van der Waals surface area contributed by atoms with Crippen molar-refractivity contribution in [2.75, 3.05) is 13.2 Å². The van der Waals surface area contributed by atoms with E-state index in [0.717, 1.165) is 15.3 Å². The average molecular weight is 552 g/mol. The molecule has 4 aromatic heterocycles. The molecule has 4 aromatic rings. The molecule has 0 bridgehead atoms. The lowest BCUT2D eigenvalue weighted by atomic mass is 10.1. The summed E-state index contributed by atoms with van der Waals surface area (Å²) < 4.78 is 77.9. The van der Waals surface area contributed by atoms with Crippen LogP contribution < -0.4 is 19.8 Å². The Hall–Kier alpha value is -4.10. The summed E-state index contributed by atoms with van der Waals surface area (Å²) in [7, 11) is 0. The highest BCUT2D eigenvalue weighted by Crippen LogP contribution is 2.35. The molecule has 5 heterocycles. The molecule has 5 rings (SSSR count). The number of nitrogens with zero attached hydrogens (tertiary/aromatic N) is 5. The van der Waals surface area contributed by atoms with Gasteiger partial charge in [-0.25, -0.2) is 27.4 Å². The first-order valence-electron chi connectivity index (χ1n) is 12.0. The van der Waals surface area contributed by atoms with Crippen LogP contribution in [0.1, 0.15) is 28.0 Å². The Kier molecular flexibility index (Phi) is 5.85. The van der Waals surface area contributed by atoms with Crippen LogP contribution in [-0.4, -0.2) is 42.6 Å².